The second-order valence-corrected chi connectivity index (χ2v) is 4.78. The molecule has 0 aliphatic carbocycles. The second kappa shape index (κ2) is 4.10. The van der Waals surface area contributed by atoms with E-state index in [0.29, 0.717) is 0 Å². The van der Waals surface area contributed by atoms with E-state index >= 15 is 0 Å². The van der Waals surface area contributed by atoms with Crippen molar-refractivity contribution in [3.05, 3.63) is 0 Å². The molecule has 86 valence electrons. The predicted octanol–water partition coefficient (Wildman–Crippen LogP) is 0.329. The minimum Gasteiger partial charge on any atom is -0.365 e. The zero-order valence-corrected chi connectivity index (χ0v) is 9.66. The zero-order chi connectivity index (χ0) is 10.9. The van der Waals surface area contributed by atoms with Crippen LogP contribution in [0.3, 0.4) is 0 Å². The molecular weight excluding hydrogens is 192 g/mol. The summed E-state index contributed by atoms with van der Waals surface area (Å²) >= 11 is 0. The minimum absolute atomic E-state index is 0.188. The number of hydrogen-bond donors (Lipinski definition) is 0. The van der Waals surface area contributed by atoms with E-state index in [2.05, 4.69) is 11.9 Å². The fraction of sp³-hybridized carbons (Fsp3) is 0.909. The summed E-state index contributed by atoms with van der Waals surface area (Å²) in [4.78, 5) is 16.4. The fourth-order valence-corrected chi connectivity index (χ4v) is 2.29. The summed E-state index contributed by atoms with van der Waals surface area (Å²) in [6.45, 7) is 6.29. The number of likely N-dealkylation sites (N-methyl/N-ethyl adjacent to an activating group) is 1. The number of piperazine rings is 1. The van der Waals surface area contributed by atoms with Gasteiger partial charge in [0.1, 0.15) is 5.60 Å². The first-order valence-electron chi connectivity index (χ1n) is 5.74. The van der Waals surface area contributed by atoms with Crippen molar-refractivity contribution in [2.75, 3.05) is 39.8 Å². The van der Waals surface area contributed by atoms with Gasteiger partial charge in [0.05, 0.1) is 0 Å². The number of carbonyl (C=O) groups is 1. The van der Waals surface area contributed by atoms with E-state index in [-0.39, 0.29) is 5.91 Å². The Labute approximate surface area is 91.2 Å². The minimum atomic E-state index is -0.532. The Balaban J connectivity index is 1.95. The number of amides is 1. The quantitative estimate of drug-likeness (QED) is 0.628. The highest BCUT2D eigenvalue weighted by atomic mass is 16.5. The number of ether oxygens (including phenoxy) is 1. The van der Waals surface area contributed by atoms with E-state index < -0.39 is 5.60 Å². The molecule has 0 aromatic carbocycles. The Hall–Kier alpha value is -0.610. The van der Waals surface area contributed by atoms with Crippen LogP contribution in [-0.4, -0.2) is 61.1 Å². The van der Waals surface area contributed by atoms with Crippen molar-refractivity contribution < 1.29 is 9.53 Å². The smallest absolute Gasteiger partial charge is 0.254 e. The first kappa shape index (κ1) is 10.9. The summed E-state index contributed by atoms with van der Waals surface area (Å²) in [5.74, 6) is 0.188. The van der Waals surface area contributed by atoms with Gasteiger partial charge in [0.25, 0.3) is 5.91 Å². The molecule has 4 heteroatoms. The number of carbonyl (C=O) groups excluding carboxylic acids is 1. The molecule has 0 aromatic heterocycles. The topological polar surface area (TPSA) is 32.8 Å². The van der Waals surface area contributed by atoms with Crippen LogP contribution in [0.15, 0.2) is 0 Å². The van der Waals surface area contributed by atoms with Gasteiger partial charge in [0.2, 0.25) is 0 Å². The zero-order valence-electron chi connectivity index (χ0n) is 9.66. The van der Waals surface area contributed by atoms with Gasteiger partial charge >= 0.3 is 0 Å². The Bertz CT molecular complexity index is 241. The Morgan fingerprint density at radius 1 is 1.27 bits per heavy atom. The molecule has 2 heterocycles. The Kier molecular flexibility index (Phi) is 2.98. The van der Waals surface area contributed by atoms with Crippen molar-refractivity contribution in [1.82, 2.24) is 9.80 Å². The summed E-state index contributed by atoms with van der Waals surface area (Å²) in [7, 11) is 2.09. The molecule has 2 aliphatic heterocycles. The third kappa shape index (κ3) is 2.16. The molecule has 2 saturated heterocycles. The molecule has 2 aliphatic rings. The molecule has 1 unspecified atom stereocenters. The van der Waals surface area contributed by atoms with Gasteiger partial charge < -0.3 is 14.5 Å². The number of nitrogens with zero attached hydrogens (tertiary/aromatic N) is 2. The molecule has 2 fully saturated rings. The highest BCUT2D eigenvalue weighted by molar-refractivity contribution is 5.85. The third-order valence-electron chi connectivity index (χ3n) is 3.46. The molecule has 0 saturated carbocycles. The van der Waals surface area contributed by atoms with Crippen LogP contribution in [0.25, 0.3) is 0 Å². The number of rotatable bonds is 1. The standard InChI is InChI=1S/C11H20N2O2/c1-11(4-3-9-15-11)10(14)13-7-5-12(2)6-8-13/h3-9H2,1-2H3. The molecule has 0 radical (unpaired) electrons. The van der Waals surface area contributed by atoms with Gasteiger partial charge in [-0.05, 0) is 26.8 Å². The van der Waals surface area contributed by atoms with Crippen LogP contribution in [0.4, 0.5) is 0 Å². The van der Waals surface area contributed by atoms with Gasteiger partial charge in [-0.2, -0.15) is 0 Å². The van der Waals surface area contributed by atoms with E-state index in [4.69, 9.17) is 4.74 Å². The summed E-state index contributed by atoms with van der Waals surface area (Å²) in [5, 5.41) is 0. The maximum absolute atomic E-state index is 12.2. The predicted molar refractivity (Wildman–Crippen MR) is 57.7 cm³/mol. The van der Waals surface area contributed by atoms with Crippen molar-refractivity contribution in [2.24, 2.45) is 0 Å². The summed E-state index contributed by atoms with van der Waals surface area (Å²) < 4.78 is 5.58. The molecular formula is C11H20N2O2. The monoisotopic (exact) mass is 212 g/mol. The first-order chi connectivity index (χ1) is 7.12. The molecule has 15 heavy (non-hydrogen) atoms. The van der Waals surface area contributed by atoms with Gasteiger partial charge in [-0.25, -0.2) is 0 Å². The van der Waals surface area contributed by atoms with E-state index in [1.165, 1.54) is 0 Å². The van der Waals surface area contributed by atoms with E-state index in [1.54, 1.807) is 0 Å². The van der Waals surface area contributed by atoms with Crippen LogP contribution in [0.1, 0.15) is 19.8 Å². The van der Waals surface area contributed by atoms with Crippen LogP contribution < -0.4 is 0 Å². The molecule has 1 atom stereocenters. The average Bonchev–Trinajstić information content (AvgIpc) is 2.67. The molecule has 0 spiro atoms. The average molecular weight is 212 g/mol. The highest BCUT2D eigenvalue weighted by Crippen LogP contribution is 2.27. The fourth-order valence-electron chi connectivity index (χ4n) is 2.29. The highest BCUT2D eigenvalue weighted by Gasteiger charge is 2.40. The lowest BCUT2D eigenvalue weighted by Crippen LogP contribution is -2.53. The van der Waals surface area contributed by atoms with E-state index in [9.17, 15) is 4.79 Å². The summed E-state index contributed by atoms with van der Waals surface area (Å²) in [5.41, 5.74) is -0.532. The summed E-state index contributed by atoms with van der Waals surface area (Å²) in [6.07, 6.45) is 1.88. The maximum atomic E-state index is 12.2. The number of hydrogen-bond acceptors (Lipinski definition) is 3. The Morgan fingerprint density at radius 2 is 1.93 bits per heavy atom. The molecule has 1 amide bonds. The SMILES string of the molecule is CN1CCN(C(=O)C2(C)CCCO2)CC1. The van der Waals surface area contributed by atoms with Crippen molar-refractivity contribution in [3.8, 4) is 0 Å². The van der Waals surface area contributed by atoms with Crippen LogP contribution in [0.2, 0.25) is 0 Å². The van der Waals surface area contributed by atoms with Crippen molar-refractivity contribution in [1.29, 1.82) is 0 Å². The van der Waals surface area contributed by atoms with Crippen LogP contribution in [0.5, 0.6) is 0 Å². The second-order valence-electron chi connectivity index (χ2n) is 4.78. The van der Waals surface area contributed by atoms with Crippen LogP contribution in [-0.2, 0) is 9.53 Å². The lowest BCUT2D eigenvalue weighted by atomic mass is 10.0. The third-order valence-corrected chi connectivity index (χ3v) is 3.46. The summed E-state index contributed by atoms with van der Waals surface area (Å²) in [6, 6.07) is 0. The van der Waals surface area contributed by atoms with Crippen LogP contribution in [0, 0.1) is 0 Å². The molecule has 0 N–H and O–H groups in total. The van der Waals surface area contributed by atoms with Gasteiger partial charge in [-0.1, -0.05) is 0 Å². The lowest BCUT2D eigenvalue weighted by Gasteiger charge is -2.36. The normalized spacial score (nSPS) is 33.3. The van der Waals surface area contributed by atoms with Gasteiger partial charge in [0, 0.05) is 32.8 Å². The van der Waals surface area contributed by atoms with Crippen LogP contribution >= 0.6 is 0 Å². The lowest BCUT2D eigenvalue weighted by molar-refractivity contribution is -0.152. The maximum Gasteiger partial charge on any atom is 0.254 e. The molecule has 4 nitrogen and oxygen atoms in total. The van der Waals surface area contributed by atoms with Gasteiger partial charge in [-0.15, -0.1) is 0 Å². The van der Waals surface area contributed by atoms with Gasteiger partial charge in [0.15, 0.2) is 0 Å². The van der Waals surface area contributed by atoms with E-state index in [0.717, 1.165) is 45.6 Å². The van der Waals surface area contributed by atoms with Gasteiger partial charge in [-0.3, -0.25) is 4.79 Å². The van der Waals surface area contributed by atoms with Crippen molar-refractivity contribution >= 4 is 5.91 Å². The molecule has 0 bridgehead atoms. The van der Waals surface area contributed by atoms with Crippen molar-refractivity contribution in [2.45, 2.75) is 25.4 Å². The first-order valence-corrected chi connectivity index (χ1v) is 5.74. The van der Waals surface area contributed by atoms with Crippen molar-refractivity contribution in [3.63, 3.8) is 0 Å². The largest absolute Gasteiger partial charge is 0.365 e. The molecule has 2 rings (SSSR count). The van der Waals surface area contributed by atoms with E-state index in [1.807, 2.05) is 11.8 Å². The molecule has 0 aromatic rings. The Morgan fingerprint density at radius 3 is 2.47 bits per heavy atom.